The van der Waals surface area contributed by atoms with Crippen molar-refractivity contribution in [3.63, 3.8) is 0 Å². The third-order valence-corrected chi connectivity index (χ3v) is 5.94. The smallest absolute Gasteiger partial charge is 0.407 e. The van der Waals surface area contributed by atoms with E-state index < -0.39 is 30.1 Å². The van der Waals surface area contributed by atoms with Gasteiger partial charge in [-0.2, -0.15) is 0 Å². The van der Waals surface area contributed by atoms with Crippen LogP contribution in [0.5, 0.6) is 0 Å². The predicted octanol–water partition coefficient (Wildman–Crippen LogP) is 3.30. The number of benzene rings is 2. The van der Waals surface area contributed by atoms with Crippen molar-refractivity contribution in [2.24, 2.45) is 0 Å². The van der Waals surface area contributed by atoms with Crippen LogP contribution in [-0.2, 0) is 19.1 Å². The van der Waals surface area contributed by atoms with Gasteiger partial charge in [0.05, 0.1) is 6.10 Å². The van der Waals surface area contributed by atoms with Crippen LogP contribution in [0.1, 0.15) is 43.7 Å². The molecule has 0 fully saturated rings. The Balaban J connectivity index is 1.48. The number of ether oxygens (including phenoxy) is 2. The first kappa shape index (κ1) is 24.3. The highest BCUT2D eigenvalue weighted by Gasteiger charge is 2.29. The minimum atomic E-state index is -1.16. The molecule has 1 aliphatic rings. The van der Waals surface area contributed by atoms with Crippen molar-refractivity contribution in [1.82, 2.24) is 10.6 Å². The number of alkyl carbamates (subject to hydrolysis) is 1. The summed E-state index contributed by atoms with van der Waals surface area (Å²) in [4.78, 5) is 35.8. The SMILES string of the molecule is COC(C)C(NC(=O)CCC(C)NC(=O)OCC1c2ccccc2-c2ccccc21)C(=O)O. The van der Waals surface area contributed by atoms with Gasteiger partial charge >= 0.3 is 12.1 Å². The van der Waals surface area contributed by atoms with E-state index in [1.54, 1.807) is 13.8 Å². The van der Waals surface area contributed by atoms with Crippen molar-refractivity contribution in [3.05, 3.63) is 59.7 Å². The van der Waals surface area contributed by atoms with Crippen molar-refractivity contribution >= 4 is 18.0 Å². The van der Waals surface area contributed by atoms with E-state index in [0.29, 0.717) is 6.42 Å². The first-order valence-corrected chi connectivity index (χ1v) is 11.0. The van der Waals surface area contributed by atoms with Crippen LogP contribution in [-0.4, -0.2) is 55.0 Å². The largest absolute Gasteiger partial charge is 0.480 e. The number of methoxy groups -OCH3 is 1. The summed E-state index contributed by atoms with van der Waals surface area (Å²) in [5.41, 5.74) is 4.58. The Kier molecular flexibility index (Phi) is 8.06. The lowest BCUT2D eigenvalue weighted by molar-refractivity contribution is -0.145. The summed E-state index contributed by atoms with van der Waals surface area (Å²) in [6.07, 6.45) is -0.821. The number of carboxylic acid groups (broad SMARTS) is 1. The fraction of sp³-hybridized carbons (Fsp3) is 0.400. The molecule has 3 unspecified atom stereocenters. The predicted molar refractivity (Wildman–Crippen MR) is 123 cm³/mol. The Labute approximate surface area is 193 Å². The van der Waals surface area contributed by atoms with E-state index in [1.807, 2.05) is 24.3 Å². The van der Waals surface area contributed by atoms with E-state index in [0.717, 1.165) is 22.3 Å². The molecule has 3 atom stereocenters. The van der Waals surface area contributed by atoms with Crippen molar-refractivity contribution in [2.45, 2.75) is 50.8 Å². The monoisotopic (exact) mass is 454 g/mol. The van der Waals surface area contributed by atoms with Crippen LogP contribution in [0.4, 0.5) is 4.79 Å². The number of hydrogen-bond acceptors (Lipinski definition) is 5. The van der Waals surface area contributed by atoms with Gasteiger partial charge in [-0.05, 0) is 42.5 Å². The van der Waals surface area contributed by atoms with Gasteiger partial charge in [-0.25, -0.2) is 9.59 Å². The molecule has 2 aromatic rings. The first-order valence-electron chi connectivity index (χ1n) is 11.0. The molecular weight excluding hydrogens is 424 g/mol. The third-order valence-electron chi connectivity index (χ3n) is 5.94. The van der Waals surface area contributed by atoms with E-state index in [-0.39, 0.29) is 25.0 Å². The molecule has 1 aliphatic carbocycles. The number of carbonyl (C=O) groups excluding carboxylic acids is 2. The standard InChI is InChI=1S/C25H30N2O6/c1-15(12-13-22(28)27-23(24(29)30)16(2)32-3)26-25(31)33-14-21-19-10-6-4-8-17(19)18-9-5-7-11-20(18)21/h4-11,15-16,21,23H,12-14H2,1-3H3,(H,26,31)(H,27,28)(H,29,30). The number of nitrogens with one attached hydrogen (secondary N) is 2. The van der Waals surface area contributed by atoms with Gasteiger partial charge in [0.15, 0.2) is 6.04 Å². The van der Waals surface area contributed by atoms with Crippen LogP contribution >= 0.6 is 0 Å². The summed E-state index contributed by atoms with van der Waals surface area (Å²) in [5.74, 6) is -1.62. The maximum Gasteiger partial charge on any atom is 0.407 e. The van der Waals surface area contributed by atoms with Crippen LogP contribution in [0.25, 0.3) is 11.1 Å². The van der Waals surface area contributed by atoms with E-state index in [1.165, 1.54) is 7.11 Å². The lowest BCUT2D eigenvalue weighted by atomic mass is 9.98. The fourth-order valence-corrected chi connectivity index (χ4v) is 4.02. The second-order valence-corrected chi connectivity index (χ2v) is 8.23. The molecule has 3 rings (SSSR count). The van der Waals surface area contributed by atoms with E-state index in [4.69, 9.17) is 9.47 Å². The zero-order valence-corrected chi connectivity index (χ0v) is 19.0. The third kappa shape index (κ3) is 5.90. The fourth-order valence-electron chi connectivity index (χ4n) is 4.02. The normalized spacial score (nSPS) is 15.0. The average Bonchev–Trinajstić information content (AvgIpc) is 3.13. The highest BCUT2D eigenvalue weighted by Crippen LogP contribution is 2.44. The molecule has 0 radical (unpaired) electrons. The number of rotatable bonds is 10. The van der Waals surface area contributed by atoms with Gasteiger partial charge in [-0.1, -0.05) is 48.5 Å². The summed E-state index contributed by atoms with van der Waals surface area (Å²) in [6, 6.07) is 14.8. The van der Waals surface area contributed by atoms with E-state index >= 15 is 0 Å². The van der Waals surface area contributed by atoms with Gasteiger partial charge in [0.2, 0.25) is 5.91 Å². The topological polar surface area (TPSA) is 114 Å². The second kappa shape index (κ2) is 11.0. The molecule has 8 nitrogen and oxygen atoms in total. The molecule has 0 bridgehead atoms. The van der Waals surface area contributed by atoms with Gasteiger partial charge in [0.25, 0.3) is 0 Å². The molecule has 0 aromatic heterocycles. The quantitative estimate of drug-likeness (QED) is 0.508. The molecule has 8 heteroatoms. The number of carbonyl (C=O) groups is 3. The van der Waals surface area contributed by atoms with Crippen LogP contribution in [0.2, 0.25) is 0 Å². The highest BCUT2D eigenvalue weighted by molar-refractivity contribution is 5.84. The molecule has 3 N–H and O–H groups in total. The highest BCUT2D eigenvalue weighted by atomic mass is 16.5. The molecule has 0 heterocycles. The van der Waals surface area contributed by atoms with E-state index in [9.17, 15) is 19.5 Å². The maximum absolute atomic E-state index is 12.3. The van der Waals surface area contributed by atoms with Crippen LogP contribution in [0.3, 0.4) is 0 Å². The number of carboxylic acids is 1. The average molecular weight is 455 g/mol. The van der Waals surface area contributed by atoms with Crippen LogP contribution in [0, 0.1) is 0 Å². The second-order valence-electron chi connectivity index (χ2n) is 8.23. The Morgan fingerprint density at radius 1 is 0.970 bits per heavy atom. The van der Waals surface area contributed by atoms with Gasteiger partial charge in [-0.3, -0.25) is 4.79 Å². The first-order chi connectivity index (χ1) is 15.8. The maximum atomic E-state index is 12.3. The van der Waals surface area contributed by atoms with E-state index in [2.05, 4.69) is 34.9 Å². The molecule has 176 valence electrons. The molecule has 33 heavy (non-hydrogen) atoms. The summed E-state index contributed by atoms with van der Waals surface area (Å²) in [6.45, 7) is 3.55. The summed E-state index contributed by atoms with van der Waals surface area (Å²) in [7, 11) is 1.38. The lowest BCUT2D eigenvalue weighted by Crippen LogP contribution is -2.48. The molecule has 0 aliphatic heterocycles. The van der Waals surface area contributed by atoms with Crippen LogP contribution in [0.15, 0.2) is 48.5 Å². The van der Waals surface area contributed by atoms with Gasteiger partial charge in [-0.15, -0.1) is 0 Å². The number of amides is 2. The molecule has 0 saturated heterocycles. The summed E-state index contributed by atoms with van der Waals surface area (Å²) >= 11 is 0. The lowest BCUT2D eigenvalue weighted by Gasteiger charge is -2.21. The summed E-state index contributed by atoms with van der Waals surface area (Å²) in [5, 5.41) is 14.4. The number of fused-ring (bicyclic) bond motifs is 3. The Morgan fingerprint density at radius 2 is 1.55 bits per heavy atom. The molecule has 2 aromatic carbocycles. The Morgan fingerprint density at radius 3 is 2.09 bits per heavy atom. The van der Waals surface area contributed by atoms with Crippen molar-refractivity contribution in [3.8, 4) is 11.1 Å². The Hall–Kier alpha value is -3.39. The van der Waals surface area contributed by atoms with Gasteiger partial charge in [0.1, 0.15) is 6.61 Å². The number of aliphatic carboxylic acids is 1. The Bertz CT molecular complexity index is 962. The molecule has 2 amide bonds. The van der Waals surface area contributed by atoms with Gasteiger partial charge < -0.3 is 25.2 Å². The minimum absolute atomic E-state index is 0.0278. The number of hydrogen-bond donors (Lipinski definition) is 3. The summed E-state index contributed by atoms with van der Waals surface area (Å²) < 4.78 is 10.5. The molecular formula is C25H30N2O6. The van der Waals surface area contributed by atoms with Crippen molar-refractivity contribution < 1.29 is 29.0 Å². The van der Waals surface area contributed by atoms with Gasteiger partial charge in [0, 0.05) is 25.5 Å². The minimum Gasteiger partial charge on any atom is -0.480 e. The van der Waals surface area contributed by atoms with Crippen molar-refractivity contribution in [2.75, 3.05) is 13.7 Å². The van der Waals surface area contributed by atoms with Crippen molar-refractivity contribution in [1.29, 1.82) is 0 Å². The molecule has 0 saturated carbocycles. The van der Waals surface area contributed by atoms with Crippen LogP contribution < -0.4 is 10.6 Å². The zero-order valence-electron chi connectivity index (χ0n) is 19.0. The zero-order chi connectivity index (χ0) is 24.0. The molecule has 0 spiro atoms.